The smallest absolute Gasteiger partial charge is 0.213 e. The van der Waals surface area contributed by atoms with E-state index in [-0.39, 0.29) is 11.4 Å². The Kier molecular flexibility index (Phi) is 6.48. The molecular formula is C29H34N4O2. The molecule has 1 aliphatic heterocycles. The lowest BCUT2D eigenvalue weighted by Gasteiger charge is -2.42. The Labute approximate surface area is 206 Å². The van der Waals surface area contributed by atoms with Gasteiger partial charge in [-0.1, -0.05) is 24.6 Å². The zero-order valence-electron chi connectivity index (χ0n) is 20.9. The molecule has 1 aliphatic rings. The van der Waals surface area contributed by atoms with Crippen LogP contribution in [-0.4, -0.2) is 52.8 Å². The first-order valence-corrected chi connectivity index (χ1v) is 12.6. The summed E-state index contributed by atoms with van der Waals surface area (Å²) in [6.07, 6.45) is 3.86. The van der Waals surface area contributed by atoms with Crippen molar-refractivity contribution in [1.29, 1.82) is 5.41 Å². The molecule has 182 valence electrons. The van der Waals surface area contributed by atoms with Crippen molar-refractivity contribution in [3.63, 3.8) is 0 Å². The van der Waals surface area contributed by atoms with Gasteiger partial charge in [0.05, 0.1) is 17.8 Å². The molecule has 0 spiro atoms. The quantitative estimate of drug-likeness (QED) is 0.242. The van der Waals surface area contributed by atoms with Crippen molar-refractivity contribution in [3.8, 4) is 17.0 Å². The van der Waals surface area contributed by atoms with Gasteiger partial charge in [-0.2, -0.15) is 5.10 Å². The molecule has 1 aromatic heterocycles. The number of aromatic nitrogens is 2. The molecule has 2 N–H and O–H groups in total. The van der Waals surface area contributed by atoms with Gasteiger partial charge < -0.3 is 9.47 Å². The van der Waals surface area contributed by atoms with Gasteiger partial charge in [0.25, 0.3) is 0 Å². The van der Waals surface area contributed by atoms with Gasteiger partial charge in [-0.15, -0.1) is 0 Å². The van der Waals surface area contributed by atoms with Crippen molar-refractivity contribution in [2.24, 2.45) is 0 Å². The summed E-state index contributed by atoms with van der Waals surface area (Å²) in [5.74, 6) is 1.08. The highest BCUT2D eigenvalue weighted by Crippen LogP contribution is 2.31. The fraction of sp³-hybridized carbons (Fsp3) is 0.379. The zero-order valence-corrected chi connectivity index (χ0v) is 20.9. The Balaban J connectivity index is 1.33. The first kappa shape index (κ1) is 23.4. The van der Waals surface area contributed by atoms with E-state index in [1.165, 1.54) is 19.3 Å². The van der Waals surface area contributed by atoms with Crippen molar-refractivity contribution in [2.45, 2.75) is 45.6 Å². The zero-order chi connectivity index (χ0) is 24.4. The van der Waals surface area contributed by atoms with Crippen molar-refractivity contribution in [2.75, 3.05) is 26.3 Å². The number of hydrogen-bond donors (Lipinski definition) is 2. The third-order valence-corrected chi connectivity index (χ3v) is 7.15. The first-order chi connectivity index (χ1) is 16.9. The predicted octanol–water partition coefficient (Wildman–Crippen LogP) is 6.39. The third kappa shape index (κ3) is 4.89. The number of ether oxygens (including phenoxy) is 2. The summed E-state index contributed by atoms with van der Waals surface area (Å²) in [6.45, 7) is 9.86. The van der Waals surface area contributed by atoms with Crippen LogP contribution in [0.1, 0.15) is 45.6 Å². The number of likely N-dealkylation sites (tertiary alicyclic amines) is 1. The van der Waals surface area contributed by atoms with E-state index >= 15 is 0 Å². The molecule has 1 fully saturated rings. The van der Waals surface area contributed by atoms with Gasteiger partial charge in [-0.25, -0.2) is 0 Å². The van der Waals surface area contributed by atoms with Crippen LogP contribution >= 0.6 is 0 Å². The number of benzene rings is 3. The number of H-pyrrole nitrogens is 1. The number of fused-ring (bicyclic) bond motifs is 2. The van der Waals surface area contributed by atoms with Crippen LogP contribution in [0.4, 0.5) is 0 Å². The SMILES string of the molecule is CCOC(=N)c1ccc2[nH]nc(-c3ccc4cc(OCCN5CCCCC5(C)C)ccc4c3)c2c1. The number of nitrogens with zero attached hydrogens (tertiary/aromatic N) is 2. The van der Waals surface area contributed by atoms with Crippen molar-refractivity contribution < 1.29 is 9.47 Å². The second-order valence-corrected chi connectivity index (χ2v) is 9.92. The van der Waals surface area contributed by atoms with E-state index in [1.54, 1.807) is 0 Å². The van der Waals surface area contributed by atoms with E-state index in [0.717, 1.165) is 57.3 Å². The normalized spacial score (nSPS) is 16.0. The minimum Gasteiger partial charge on any atom is -0.492 e. The van der Waals surface area contributed by atoms with E-state index in [1.807, 2.05) is 25.1 Å². The summed E-state index contributed by atoms with van der Waals surface area (Å²) in [7, 11) is 0. The topological polar surface area (TPSA) is 74.2 Å². The number of piperidine rings is 1. The van der Waals surface area contributed by atoms with Gasteiger partial charge in [0, 0.05) is 28.6 Å². The second-order valence-electron chi connectivity index (χ2n) is 9.92. The molecule has 5 rings (SSSR count). The number of hydrogen-bond acceptors (Lipinski definition) is 5. The van der Waals surface area contributed by atoms with Crippen LogP contribution in [0, 0.1) is 5.41 Å². The van der Waals surface area contributed by atoms with Crippen LogP contribution in [0.2, 0.25) is 0 Å². The summed E-state index contributed by atoms with van der Waals surface area (Å²) >= 11 is 0. The first-order valence-electron chi connectivity index (χ1n) is 12.6. The van der Waals surface area contributed by atoms with Gasteiger partial charge in [0.2, 0.25) is 5.90 Å². The molecular weight excluding hydrogens is 436 g/mol. The standard InChI is InChI=1S/C29H34N4O2/c1-4-34-28(30)23-10-12-26-25(19-23)27(32-31-26)22-8-7-21-18-24(11-9-20(21)17-22)35-16-15-33-14-6-5-13-29(33,2)3/h7-12,17-19,30H,4-6,13-16H2,1-3H3,(H,31,32). The highest BCUT2D eigenvalue weighted by Gasteiger charge is 2.29. The van der Waals surface area contributed by atoms with Gasteiger partial charge in [-0.05, 0) is 87.3 Å². The number of aromatic amines is 1. The summed E-state index contributed by atoms with van der Waals surface area (Å²) in [4.78, 5) is 2.55. The lowest BCUT2D eigenvalue weighted by atomic mass is 9.90. The summed E-state index contributed by atoms with van der Waals surface area (Å²) < 4.78 is 11.5. The van der Waals surface area contributed by atoms with Crippen molar-refractivity contribution >= 4 is 27.6 Å². The maximum Gasteiger partial charge on any atom is 0.213 e. The molecule has 0 radical (unpaired) electrons. The molecule has 6 heteroatoms. The van der Waals surface area contributed by atoms with Gasteiger partial charge in [-0.3, -0.25) is 15.4 Å². The second kappa shape index (κ2) is 9.70. The van der Waals surface area contributed by atoms with Crippen LogP contribution < -0.4 is 4.74 Å². The van der Waals surface area contributed by atoms with E-state index in [4.69, 9.17) is 14.9 Å². The lowest BCUT2D eigenvalue weighted by molar-refractivity contribution is 0.0623. The molecule has 0 atom stereocenters. The Morgan fingerprint density at radius 1 is 1.06 bits per heavy atom. The molecule has 0 saturated carbocycles. The number of nitrogens with one attached hydrogen (secondary N) is 2. The monoisotopic (exact) mass is 470 g/mol. The molecule has 3 aromatic carbocycles. The van der Waals surface area contributed by atoms with Crippen LogP contribution in [0.3, 0.4) is 0 Å². The summed E-state index contributed by atoms with van der Waals surface area (Å²) in [5.41, 5.74) is 3.86. The summed E-state index contributed by atoms with van der Waals surface area (Å²) in [5, 5.41) is 19.1. The van der Waals surface area contributed by atoms with Crippen LogP contribution in [-0.2, 0) is 4.74 Å². The van der Waals surface area contributed by atoms with E-state index in [9.17, 15) is 0 Å². The molecule has 0 aliphatic carbocycles. The molecule has 4 aromatic rings. The Morgan fingerprint density at radius 3 is 2.71 bits per heavy atom. The molecule has 0 bridgehead atoms. The van der Waals surface area contributed by atoms with Crippen LogP contribution in [0.15, 0.2) is 54.6 Å². The maximum absolute atomic E-state index is 8.12. The minimum atomic E-state index is 0.177. The average Bonchev–Trinajstić information content (AvgIpc) is 3.28. The molecule has 35 heavy (non-hydrogen) atoms. The molecule has 2 heterocycles. The summed E-state index contributed by atoms with van der Waals surface area (Å²) in [6, 6.07) is 18.5. The van der Waals surface area contributed by atoms with Crippen LogP contribution in [0.25, 0.3) is 32.9 Å². The molecule has 0 unspecified atom stereocenters. The Bertz CT molecular complexity index is 1360. The molecule has 6 nitrogen and oxygen atoms in total. The van der Waals surface area contributed by atoms with Crippen molar-refractivity contribution in [1.82, 2.24) is 15.1 Å². The van der Waals surface area contributed by atoms with Gasteiger partial charge in [0.15, 0.2) is 0 Å². The average molecular weight is 471 g/mol. The highest BCUT2D eigenvalue weighted by molar-refractivity contribution is 6.01. The number of rotatable bonds is 7. The third-order valence-electron chi connectivity index (χ3n) is 7.15. The van der Waals surface area contributed by atoms with E-state index in [2.05, 4.69) is 65.3 Å². The largest absolute Gasteiger partial charge is 0.492 e. The molecule has 0 amide bonds. The minimum absolute atomic E-state index is 0.177. The fourth-order valence-corrected chi connectivity index (χ4v) is 5.07. The van der Waals surface area contributed by atoms with E-state index in [0.29, 0.717) is 13.2 Å². The molecule has 1 saturated heterocycles. The van der Waals surface area contributed by atoms with Crippen molar-refractivity contribution in [3.05, 3.63) is 60.2 Å². The highest BCUT2D eigenvalue weighted by atomic mass is 16.5. The lowest BCUT2D eigenvalue weighted by Crippen LogP contribution is -2.48. The Hall–Kier alpha value is -3.38. The van der Waals surface area contributed by atoms with Gasteiger partial charge >= 0.3 is 0 Å². The fourth-order valence-electron chi connectivity index (χ4n) is 5.07. The maximum atomic E-state index is 8.12. The predicted molar refractivity (Wildman–Crippen MR) is 142 cm³/mol. The Morgan fingerprint density at radius 2 is 1.89 bits per heavy atom. The van der Waals surface area contributed by atoms with Gasteiger partial charge in [0.1, 0.15) is 12.4 Å². The van der Waals surface area contributed by atoms with E-state index < -0.39 is 0 Å². The van der Waals surface area contributed by atoms with Crippen LogP contribution in [0.5, 0.6) is 5.75 Å².